The number of nitrogens with two attached hydrogens (primary N) is 1. The lowest BCUT2D eigenvalue weighted by molar-refractivity contribution is -0.694. The van der Waals surface area contributed by atoms with Crippen LogP contribution in [-0.4, -0.2) is 16.1 Å². The molecule has 0 radical (unpaired) electrons. The van der Waals surface area contributed by atoms with Gasteiger partial charge in [-0.25, -0.2) is 4.98 Å². The van der Waals surface area contributed by atoms with Crippen molar-refractivity contribution in [3.63, 3.8) is 0 Å². The van der Waals surface area contributed by atoms with Crippen molar-refractivity contribution in [1.82, 2.24) is 9.55 Å². The van der Waals surface area contributed by atoms with Crippen LogP contribution in [0.5, 0.6) is 0 Å². The largest absolute Gasteiger partial charge is 0.338 e. The lowest BCUT2D eigenvalue weighted by Gasteiger charge is -2.20. The molecule has 0 aliphatic carbocycles. The summed E-state index contributed by atoms with van der Waals surface area (Å²) in [6.07, 6.45) is 0.920. The molecule has 3 aromatic rings. The zero-order valence-corrected chi connectivity index (χ0v) is 15.4. The first-order valence-electron chi connectivity index (χ1n) is 8.99. The van der Waals surface area contributed by atoms with E-state index in [1.807, 2.05) is 34.9 Å². The van der Waals surface area contributed by atoms with E-state index < -0.39 is 0 Å². The van der Waals surface area contributed by atoms with Gasteiger partial charge in [-0.2, -0.15) is 0 Å². The quantitative estimate of drug-likeness (QED) is 0.778. The Bertz CT molecular complexity index is 959. The Labute approximate surface area is 148 Å². The first-order chi connectivity index (χ1) is 12.1. The number of aromatic nitrogens is 2. The van der Waals surface area contributed by atoms with E-state index in [1.54, 1.807) is 0 Å². The highest BCUT2D eigenvalue weighted by Gasteiger charge is 2.22. The van der Waals surface area contributed by atoms with Crippen molar-refractivity contribution in [1.29, 1.82) is 0 Å². The van der Waals surface area contributed by atoms with Crippen LogP contribution < -0.4 is 10.9 Å². The van der Waals surface area contributed by atoms with Crippen molar-refractivity contribution in [3.05, 3.63) is 69.8 Å². The molecule has 4 heteroatoms. The standard InChI is InChI=1S/C21H25N3O/c1-5-17(22-6-2)20-23-18-10-8-7-9-16(18)21(25)24(20)19-12-11-14(3)13-15(19)4/h7-13,17,22H,5-6H2,1-4H3/p+1/t17-/m0/s1. The van der Waals surface area contributed by atoms with Gasteiger partial charge in [0, 0.05) is 6.42 Å². The number of hydrogen-bond donors (Lipinski definition) is 1. The van der Waals surface area contributed by atoms with E-state index in [1.165, 1.54) is 5.56 Å². The van der Waals surface area contributed by atoms with Crippen LogP contribution in [0.1, 0.15) is 43.3 Å². The summed E-state index contributed by atoms with van der Waals surface area (Å²) < 4.78 is 1.82. The summed E-state index contributed by atoms with van der Waals surface area (Å²) in [5, 5.41) is 2.91. The van der Waals surface area contributed by atoms with Crippen LogP contribution in [-0.2, 0) is 0 Å². The smallest absolute Gasteiger partial charge is 0.266 e. The third-order valence-corrected chi connectivity index (χ3v) is 4.69. The Kier molecular flexibility index (Phi) is 5.00. The van der Waals surface area contributed by atoms with Crippen LogP contribution in [0.4, 0.5) is 0 Å². The fourth-order valence-electron chi connectivity index (χ4n) is 3.43. The topological polar surface area (TPSA) is 51.5 Å². The van der Waals surface area contributed by atoms with E-state index in [2.05, 4.69) is 45.1 Å². The molecule has 0 saturated carbocycles. The number of benzene rings is 2. The number of quaternary nitrogens is 1. The molecule has 3 rings (SSSR count). The SMILES string of the molecule is CC[NH2+][C@@H](CC)c1nc2ccccc2c(=O)n1-c1ccc(C)cc1C. The van der Waals surface area contributed by atoms with Gasteiger partial charge in [0.25, 0.3) is 5.56 Å². The maximum Gasteiger partial charge on any atom is 0.266 e. The summed E-state index contributed by atoms with van der Waals surface area (Å²) in [5.41, 5.74) is 3.98. The van der Waals surface area contributed by atoms with Gasteiger partial charge >= 0.3 is 0 Å². The molecule has 0 saturated heterocycles. The van der Waals surface area contributed by atoms with Crippen LogP contribution >= 0.6 is 0 Å². The fraction of sp³-hybridized carbons (Fsp3) is 0.333. The lowest BCUT2D eigenvalue weighted by atomic mass is 10.1. The molecule has 0 bridgehead atoms. The molecule has 2 N–H and O–H groups in total. The Morgan fingerprint density at radius 2 is 1.88 bits per heavy atom. The van der Waals surface area contributed by atoms with Crippen LogP contribution in [0, 0.1) is 13.8 Å². The molecule has 1 aromatic heterocycles. The van der Waals surface area contributed by atoms with E-state index in [4.69, 9.17) is 4.98 Å². The number of nitrogens with zero attached hydrogens (tertiary/aromatic N) is 2. The second kappa shape index (κ2) is 7.19. The molecular weight excluding hydrogens is 310 g/mol. The zero-order valence-electron chi connectivity index (χ0n) is 15.4. The normalized spacial score (nSPS) is 12.5. The van der Waals surface area contributed by atoms with Crippen molar-refractivity contribution in [3.8, 4) is 5.69 Å². The molecule has 2 aromatic carbocycles. The number of para-hydroxylation sites is 1. The lowest BCUT2D eigenvalue weighted by Crippen LogP contribution is -2.85. The third-order valence-electron chi connectivity index (χ3n) is 4.69. The minimum atomic E-state index is 0.00973. The third kappa shape index (κ3) is 3.22. The van der Waals surface area contributed by atoms with Gasteiger partial charge in [0.15, 0.2) is 5.82 Å². The predicted octanol–water partition coefficient (Wildman–Crippen LogP) is 3.04. The molecule has 0 aliphatic rings. The van der Waals surface area contributed by atoms with Gasteiger partial charge in [-0.05, 0) is 44.5 Å². The predicted molar refractivity (Wildman–Crippen MR) is 102 cm³/mol. The van der Waals surface area contributed by atoms with E-state index in [9.17, 15) is 4.79 Å². The number of hydrogen-bond acceptors (Lipinski definition) is 2. The van der Waals surface area contributed by atoms with Crippen LogP contribution in [0.15, 0.2) is 47.3 Å². The van der Waals surface area contributed by atoms with E-state index in [0.29, 0.717) is 5.39 Å². The average molecular weight is 336 g/mol. The van der Waals surface area contributed by atoms with Gasteiger partial charge in [0.1, 0.15) is 6.04 Å². The minimum absolute atomic E-state index is 0.00973. The van der Waals surface area contributed by atoms with Gasteiger partial charge in [-0.15, -0.1) is 0 Å². The minimum Gasteiger partial charge on any atom is -0.338 e. The molecule has 130 valence electrons. The Hall–Kier alpha value is -2.46. The summed E-state index contributed by atoms with van der Waals surface area (Å²) in [4.78, 5) is 18.2. The van der Waals surface area contributed by atoms with Gasteiger partial charge in [0.05, 0.1) is 23.1 Å². The summed E-state index contributed by atoms with van der Waals surface area (Å²) >= 11 is 0. The van der Waals surface area contributed by atoms with Gasteiger partial charge in [-0.3, -0.25) is 9.36 Å². The Morgan fingerprint density at radius 3 is 2.56 bits per heavy atom. The highest BCUT2D eigenvalue weighted by Crippen LogP contribution is 2.21. The van der Waals surface area contributed by atoms with Gasteiger partial charge in [0.2, 0.25) is 0 Å². The molecule has 25 heavy (non-hydrogen) atoms. The summed E-state index contributed by atoms with van der Waals surface area (Å²) in [5.74, 6) is 0.833. The summed E-state index contributed by atoms with van der Waals surface area (Å²) in [6, 6.07) is 14.0. The highest BCUT2D eigenvalue weighted by atomic mass is 16.1. The highest BCUT2D eigenvalue weighted by molar-refractivity contribution is 5.78. The summed E-state index contributed by atoms with van der Waals surface area (Å²) in [6.45, 7) is 9.35. The maximum atomic E-state index is 13.3. The second-order valence-corrected chi connectivity index (χ2v) is 6.58. The molecule has 0 amide bonds. The molecule has 0 unspecified atom stereocenters. The monoisotopic (exact) mass is 336 g/mol. The van der Waals surface area contributed by atoms with E-state index in [0.717, 1.165) is 35.6 Å². The van der Waals surface area contributed by atoms with Crippen molar-refractivity contribution >= 4 is 10.9 Å². The van der Waals surface area contributed by atoms with Crippen molar-refractivity contribution < 1.29 is 5.32 Å². The maximum absolute atomic E-state index is 13.3. The molecule has 0 aliphatic heterocycles. The number of fused-ring (bicyclic) bond motifs is 1. The molecule has 4 nitrogen and oxygen atoms in total. The van der Waals surface area contributed by atoms with E-state index >= 15 is 0 Å². The summed E-state index contributed by atoms with van der Waals surface area (Å²) in [7, 11) is 0. The second-order valence-electron chi connectivity index (χ2n) is 6.58. The van der Waals surface area contributed by atoms with Gasteiger partial charge < -0.3 is 5.32 Å². The van der Waals surface area contributed by atoms with E-state index in [-0.39, 0.29) is 11.6 Å². The molecule has 1 heterocycles. The Morgan fingerprint density at radius 1 is 1.12 bits per heavy atom. The molecular formula is C21H26N3O+. The first kappa shape index (κ1) is 17.4. The Balaban J connectivity index is 2.38. The molecule has 0 fully saturated rings. The zero-order chi connectivity index (χ0) is 18.0. The first-order valence-corrected chi connectivity index (χ1v) is 8.99. The number of rotatable bonds is 5. The number of aryl methyl sites for hydroxylation is 2. The molecule has 0 spiro atoms. The van der Waals surface area contributed by atoms with Gasteiger partial charge in [-0.1, -0.05) is 36.8 Å². The fourth-order valence-corrected chi connectivity index (χ4v) is 3.43. The van der Waals surface area contributed by atoms with Crippen molar-refractivity contribution in [2.75, 3.05) is 6.54 Å². The van der Waals surface area contributed by atoms with Crippen LogP contribution in [0.2, 0.25) is 0 Å². The molecule has 1 atom stereocenters. The van der Waals surface area contributed by atoms with Crippen LogP contribution in [0.25, 0.3) is 16.6 Å². The van der Waals surface area contributed by atoms with Crippen LogP contribution in [0.3, 0.4) is 0 Å². The average Bonchev–Trinajstić information content (AvgIpc) is 2.60. The van der Waals surface area contributed by atoms with Crippen molar-refractivity contribution in [2.45, 2.75) is 40.2 Å². The van der Waals surface area contributed by atoms with Crippen molar-refractivity contribution in [2.24, 2.45) is 0 Å².